The summed E-state index contributed by atoms with van der Waals surface area (Å²) in [6.45, 7) is 5.99. The molecule has 0 aromatic heterocycles. The van der Waals surface area contributed by atoms with Crippen LogP contribution >= 0.6 is 0 Å². The summed E-state index contributed by atoms with van der Waals surface area (Å²) in [6, 6.07) is 11.3. The molecule has 0 saturated carbocycles. The first-order valence-electron chi connectivity index (χ1n) is 6.15. The second kappa shape index (κ2) is 5.14. The first-order valence-corrected chi connectivity index (χ1v) is 6.15. The highest BCUT2D eigenvalue weighted by Crippen LogP contribution is 2.25. The highest BCUT2D eigenvalue weighted by molar-refractivity contribution is 5.88. The number of aryl methyl sites for hydroxylation is 3. The molecule has 2 N–H and O–H groups in total. The summed E-state index contributed by atoms with van der Waals surface area (Å²) in [5.74, 6) is -0.901. The zero-order valence-electron chi connectivity index (χ0n) is 11.3. The molecule has 0 atom stereocenters. The van der Waals surface area contributed by atoms with Crippen molar-refractivity contribution in [2.24, 2.45) is 0 Å². The number of carboxylic acids is 1. The lowest BCUT2D eigenvalue weighted by Crippen LogP contribution is -2.00. The SMILES string of the molecule is Cc1ccc(C)c(Nc2ccc(C(=O)O)cc2C)c1. The van der Waals surface area contributed by atoms with Gasteiger partial charge in [-0.15, -0.1) is 0 Å². The van der Waals surface area contributed by atoms with Gasteiger partial charge in [0.2, 0.25) is 0 Å². The molecule has 2 aromatic carbocycles. The van der Waals surface area contributed by atoms with Crippen molar-refractivity contribution in [3.63, 3.8) is 0 Å². The van der Waals surface area contributed by atoms with Crippen molar-refractivity contribution in [3.05, 3.63) is 58.7 Å². The number of carboxylic acid groups (broad SMARTS) is 1. The molecule has 98 valence electrons. The molecular weight excluding hydrogens is 238 g/mol. The van der Waals surface area contributed by atoms with Crippen LogP contribution in [-0.2, 0) is 0 Å². The smallest absolute Gasteiger partial charge is 0.335 e. The van der Waals surface area contributed by atoms with Crippen molar-refractivity contribution >= 4 is 17.3 Å². The summed E-state index contributed by atoms with van der Waals surface area (Å²) in [7, 11) is 0. The predicted octanol–water partition coefficient (Wildman–Crippen LogP) is 4.05. The maximum absolute atomic E-state index is 10.9. The Kier molecular flexibility index (Phi) is 3.56. The largest absolute Gasteiger partial charge is 0.478 e. The molecule has 0 saturated heterocycles. The van der Waals surface area contributed by atoms with Crippen LogP contribution in [0.25, 0.3) is 0 Å². The minimum atomic E-state index is -0.901. The summed E-state index contributed by atoms with van der Waals surface area (Å²) < 4.78 is 0. The van der Waals surface area contributed by atoms with Crippen LogP contribution in [-0.4, -0.2) is 11.1 Å². The van der Waals surface area contributed by atoms with E-state index in [2.05, 4.69) is 23.5 Å². The van der Waals surface area contributed by atoms with Crippen LogP contribution in [0.4, 0.5) is 11.4 Å². The van der Waals surface area contributed by atoms with Crippen molar-refractivity contribution < 1.29 is 9.90 Å². The van der Waals surface area contributed by atoms with Crippen molar-refractivity contribution in [1.82, 2.24) is 0 Å². The van der Waals surface area contributed by atoms with Gasteiger partial charge in [-0.3, -0.25) is 0 Å². The molecule has 2 rings (SSSR count). The fourth-order valence-electron chi connectivity index (χ4n) is 1.95. The lowest BCUT2D eigenvalue weighted by atomic mass is 10.1. The fourth-order valence-corrected chi connectivity index (χ4v) is 1.95. The minimum Gasteiger partial charge on any atom is -0.478 e. The minimum absolute atomic E-state index is 0.309. The van der Waals surface area contributed by atoms with Gasteiger partial charge in [-0.2, -0.15) is 0 Å². The Morgan fingerprint density at radius 1 is 0.947 bits per heavy atom. The van der Waals surface area contributed by atoms with E-state index < -0.39 is 5.97 Å². The molecule has 0 spiro atoms. The third-order valence-corrected chi connectivity index (χ3v) is 3.14. The van der Waals surface area contributed by atoms with Gasteiger partial charge in [0.05, 0.1) is 5.56 Å². The number of rotatable bonds is 3. The highest BCUT2D eigenvalue weighted by atomic mass is 16.4. The van der Waals surface area contributed by atoms with E-state index in [4.69, 9.17) is 5.11 Å². The first kappa shape index (κ1) is 13.1. The van der Waals surface area contributed by atoms with Crippen LogP contribution in [0.15, 0.2) is 36.4 Å². The molecule has 3 nitrogen and oxygen atoms in total. The molecule has 2 aromatic rings. The maximum atomic E-state index is 10.9. The van der Waals surface area contributed by atoms with E-state index in [1.807, 2.05) is 20.8 Å². The molecular formula is C16H17NO2. The van der Waals surface area contributed by atoms with Crippen LogP contribution in [0.1, 0.15) is 27.0 Å². The second-order valence-electron chi connectivity index (χ2n) is 4.78. The van der Waals surface area contributed by atoms with Gasteiger partial charge in [0.1, 0.15) is 0 Å². The Morgan fingerprint density at radius 2 is 1.68 bits per heavy atom. The summed E-state index contributed by atoms with van der Waals surface area (Å²) in [6.07, 6.45) is 0. The Balaban J connectivity index is 2.33. The Bertz CT molecular complexity index is 633. The normalized spacial score (nSPS) is 10.3. The van der Waals surface area contributed by atoms with Crippen molar-refractivity contribution in [2.45, 2.75) is 20.8 Å². The van der Waals surface area contributed by atoms with Crippen molar-refractivity contribution in [2.75, 3.05) is 5.32 Å². The molecule has 0 aliphatic rings. The Hall–Kier alpha value is -2.29. The molecule has 0 aliphatic carbocycles. The maximum Gasteiger partial charge on any atom is 0.335 e. The summed E-state index contributed by atoms with van der Waals surface area (Å²) >= 11 is 0. The first-order chi connectivity index (χ1) is 8.97. The van der Waals surface area contributed by atoms with Crippen LogP contribution in [0.3, 0.4) is 0 Å². The lowest BCUT2D eigenvalue weighted by Gasteiger charge is -2.13. The van der Waals surface area contributed by atoms with Gasteiger partial charge >= 0.3 is 5.97 Å². The van der Waals surface area contributed by atoms with Gasteiger partial charge in [0.25, 0.3) is 0 Å². The number of anilines is 2. The molecule has 19 heavy (non-hydrogen) atoms. The van der Waals surface area contributed by atoms with E-state index in [1.165, 1.54) is 5.56 Å². The number of hydrogen-bond donors (Lipinski definition) is 2. The second-order valence-corrected chi connectivity index (χ2v) is 4.78. The van der Waals surface area contributed by atoms with E-state index in [0.717, 1.165) is 22.5 Å². The summed E-state index contributed by atoms with van der Waals surface area (Å²) in [4.78, 5) is 10.9. The van der Waals surface area contributed by atoms with E-state index >= 15 is 0 Å². The van der Waals surface area contributed by atoms with Gasteiger partial charge < -0.3 is 10.4 Å². The average molecular weight is 255 g/mol. The van der Waals surface area contributed by atoms with Gasteiger partial charge in [-0.05, 0) is 61.7 Å². The monoisotopic (exact) mass is 255 g/mol. The lowest BCUT2D eigenvalue weighted by molar-refractivity contribution is 0.0697. The Morgan fingerprint density at radius 3 is 2.32 bits per heavy atom. The van der Waals surface area contributed by atoms with Crippen LogP contribution in [0.5, 0.6) is 0 Å². The molecule has 3 heteroatoms. The molecule has 0 fully saturated rings. The Labute approximate surface area is 112 Å². The summed E-state index contributed by atoms with van der Waals surface area (Å²) in [5, 5.41) is 12.3. The van der Waals surface area contributed by atoms with E-state index in [-0.39, 0.29) is 0 Å². The predicted molar refractivity (Wildman–Crippen MR) is 77.3 cm³/mol. The van der Waals surface area contributed by atoms with Gasteiger partial charge in [-0.1, -0.05) is 12.1 Å². The topological polar surface area (TPSA) is 49.3 Å². The molecule has 0 amide bonds. The third kappa shape index (κ3) is 2.94. The van der Waals surface area contributed by atoms with E-state index in [1.54, 1.807) is 18.2 Å². The number of benzene rings is 2. The van der Waals surface area contributed by atoms with Crippen molar-refractivity contribution in [3.8, 4) is 0 Å². The zero-order chi connectivity index (χ0) is 14.0. The van der Waals surface area contributed by atoms with Crippen LogP contribution < -0.4 is 5.32 Å². The van der Waals surface area contributed by atoms with E-state index in [0.29, 0.717) is 5.56 Å². The van der Waals surface area contributed by atoms with Gasteiger partial charge in [0, 0.05) is 11.4 Å². The highest BCUT2D eigenvalue weighted by Gasteiger charge is 2.06. The van der Waals surface area contributed by atoms with Gasteiger partial charge in [-0.25, -0.2) is 4.79 Å². The number of hydrogen-bond acceptors (Lipinski definition) is 2. The average Bonchev–Trinajstić information content (AvgIpc) is 2.36. The third-order valence-electron chi connectivity index (χ3n) is 3.14. The standard InChI is InChI=1S/C16H17NO2/c1-10-4-5-11(2)15(8-10)17-14-7-6-13(16(18)19)9-12(14)3/h4-9,17H,1-3H3,(H,18,19). The number of aromatic carboxylic acids is 1. The summed E-state index contributed by atoms with van der Waals surface area (Å²) in [5.41, 5.74) is 5.55. The van der Waals surface area contributed by atoms with Crippen LogP contribution in [0, 0.1) is 20.8 Å². The number of nitrogens with one attached hydrogen (secondary N) is 1. The fraction of sp³-hybridized carbons (Fsp3) is 0.188. The van der Waals surface area contributed by atoms with E-state index in [9.17, 15) is 4.79 Å². The molecule has 0 unspecified atom stereocenters. The molecule has 0 aliphatic heterocycles. The van der Waals surface area contributed by atoms with Gasteiger partial charge in [0.15, 0.2) is 0 Å². The molecule has 0 bridgehead atoms. The molecule has 0 radical (unpaired) electrons. The molecule has 0 heterocycles. The quantitative estimate of drug-likeness (QED) is 0.869. The zero-order valence-corrected chi connectivity index (χ0v) is 11.3. The number of carbonyl (C=O) groups is 1. The van der Waals surface area contributed by atoms with Crippen LogP contribution in [0.2, 0.25) is 0 Å². The van der Waals surface area contributed by atoms with Crippen molar-refractivity contribution in [1.29, 1.82) is 0 Å².